The molecule has 0 fully saturated rings. The molecular formula is C24H30N4O2S. The molecule has 164 valence electrons. The zero-order valence-electron chi connectivity index (χ0n) is 18.0. The first-order valence-electron chi connectivity index (χ1n) is 11.0. The summed E-state index contributed by atoms with van der Waals surface area (Å²) in [5.41, 5.74) is 2.06. The van der Waals surface area contributed by atoms with Crippen LogP contribution in [0.4, 0.5) is 0 Å². The minimum atomic E-state index is -0.202. The molecule has 0 unspecified atom stereocenters. The Morgan fingerprint density at radius 2 is 1.74 bits per heavy atom. The molecular weight excluding hydrogens is 408 g/mol. The molecule has 0 saturated heterocycles. The van der Waals surface area contributed by atoms with E-state index in [0.717, 1.165) is 23.4 Å². The molecule has 0 aliphatic heterocycles. The minimum Gasteiger partial charge on any atom is -0.491 e. The monoisotopic (exact) mass is 438 g/mol. The normalized spacial score (nSPS) is 10.9. The first-order chi connectivity index (χ1) is 15.2. The van der Waals surface area contributed by atoms with Crippen molar-refractivity contribution in [3.8, 4) is 11.4 Å². The van der Waals surface area contributed by atoms with Gasteiger partial charge in [0, 0.05) is 30.6 Å². The Kier molecular flexibility index (Phi) is 8.97. The summed E-state index contributed by atoms with van der Waals surface area (Å²) in [6, 6.07) is 7.77. The lowest BCUT2D eigenvalue weighted by Gasteiger charge is -2.15. The SMILES string of the molecule is CCCCCCCCCOc1ccccc1-n1cc(Cc2cncnc2)c(=O)[nH]c1=S. The summed E-state index contributed by atoms with van der Waals surface area (Å²) in [5, 5.41) is 0. The maximum atomic E-state index is 12.4. The van der Waals surface area contributed by atoms with Crippen molar-refractivity contribution in [1.29, 1.82) is 0 Å². The van der Waals surface area contributed by atoms with E-state index in [1.165, 1.54) is 44.9 Å². The lowest BCUT2D eigenvalue weighted by Crippen LogP contribution is -2.18. The molecule has 0 saturated carbocycles. The number of unbranched alkanes of at least 4 members (excludes halogenated alkanes) is 6. The maximum absolute atomic E-state index is 12.4. The second-order valence-corrected chi connectivity index (χ2v) is 8.03. The number of nitrogens with zero attached hydrogens (tertiary/aromatic N) is 3. The molecule has 6 nitrogen and oxygen atoms in total. The maximum Gasteiger partial charge on any atom is 0.255 e. The van der Waals surface area contributed by atoms with Crippen molar-refractivity contribution < 1.29 is 4.74 Å². The Balaban J connectivity index is 1.70. The topological polar surface area (TPSA) is 72.8 Å². The van der Waals surface area contributed by atoms with Crippen LogP contribution in [0.3, 0.4) is 0 Å². The van der Waals surface area contributed by atoms with Gasteiger partial charge in [0.05, 0.1) is 12.3 Å². The Hall–Kier alpha value is -2.80. The third kappa shape index (κ3) is 6.85. The molecule has 2 aromatic heterocycles. The molecule has 3 aromatic rings. The van der Waals surface area contributed by atoms with Gasteiger partial charge in [0.25, 0.3) is 5.56 Å². The number of nitrogens with one attached hydrogen (secondary N) is 1. The van der Waals surface area contributed by atoms with Crippen LogP contribution in [-0.4, -0.2) is 26.1 Å². The van der Waals surface area contributed by atoms with Crippen molar-refractivity contribution in [3.63, 3.8) is 0 Å². The number of rotatable bonds is 12. The summed E-state index contributed by atoms with van der Waals surface area (Å²) in [6.45, 7) is 2.90. The Labute approximate surface area is 188 Å². The Bertz CT molecular complexity index is 1060. The lowest BCUT2D eigenvalue weighted by atomic mass is 10.1. The number of H-pyrrole nitrogens is 1. The molecule has 0 aliphatic carbocycles. The number of benzene rings is 1. The first kappa shape index (κ1) is 22.9. The van der Waals surface area contributed by atoms with Gasteiger partial charge in [-0.2, -0.15) is 0 Å². The highest BCUT2D eigenvalue weighted by Crippen LogP contribution is 2.23. The fourth-order valence-corrected chi connectivity index (χ4v) is 3.72. The molecule has 1 N–H and O–H groups in total. The van der Waals surface area contributed by atoms with Crippen LogP contribution in [0.25, 0.3) is 5.69 Å². The zero-order chi connectivity index (χ0) is 21.9. The Morgan fingerprint density at radius 3 is 2.52 bits per heavy atom. The average Bonchev–Trinajstić information content (AvgIpc) is 2.78. The van der Waals surface area contributed by atoms with Crippen molar-refractivity contribution in [2.24, 2.45) is 0 Å². The van der Waals surface area contributed by atoms with Gasteiger partial charge in [-0.25, -0.2) is 9.97 Å². The van der Waals surface area contributed by atoms with E-state index < -0.39 is 0 Å². The lowest BCUT2D eigenvalue weighted by molar-refractivity contribution is 0.303. The summed E-state index contributed by atoms with van der Waals surface area (Å²) < 4.78 is 8.22. The fourth-order valence-electron chi connectivity index (χ4n) is 3.48. The van der Waals surface area contributed by atoms with Gasteiger partial charge in [-0.3, -0.25) is 14.3 Å². The van der Waals surface area contributed by atoms with Crippen LogP contribution in [0.5, 0.6) is 5.75 Å². The third-order valence-corrected chi connectivity index (χ3v) is 5.45. The van der Waals surface area contributed by atoms with E-state index >= 15 is 0 Å². The largest absolute Gasteiger partial charge is 0.491 e. The standard InChI is InChI=1S/C24H30N4O2S/c1-2-3-4-5-6-7-10-13-30-22-12-9-8-11-21(22)28-17-20(23(29)27-24(28)31)14-19-15-25-18-26-16-19/h8-9,11-12,15-18H,2-7,10,13-14H2,1H3,(H,27,29,31). The molecule has 3 rings (SSSR count). The molecule has 0 spiro atoms. The summed E-state index contributed by atoms with van der Waals surface area (Å²) in [4.78, 5) is 23.3. The number of hydrogen-bond acceptors (Lipinski definition) is 5. The van der Waals surface area contributed by atoms with Crippen molar-refractivity contribution in [1.82, 2.24) is 19.5 Å². The third-order valence-electron chi connectivity index (χ3n) is 5.15. The number of aromatic amines is 1. The highest BCUT2D eigenvalue weighted by atomic mass is 32.1. The summed E-state index contributed by atoms with van der Waals surface area (Å²) in [5.74, 6) is 0.755. The molecule has 1 aromatic carbocycles. The number of ether oxygens (including phenoxy) is 1. The van der Waals surface area contributed by atoms with E-state index in [4.69, 9.17) is 17.0 Å². The summed E-state index contributed by atoms with van der Waals surface area (Å²) >= 11 is 5.44. The van der Waals surface area contributed by atoms with E-state index in [1.54, 1.807) is 23.2 Å². The van der Waals surface area contributed by atoms with Crippen LogP contribution in [0.15, 0.2) is 54.0 Å². The van der Waals surface area contributed by atoms with E-state index in [9.17, 15) is 4.79 Å². The van der Waals surface area contributed by atoms with Gasteiger partial charge in [-0.1, -0.05) is 57.6 Å². The molecule has 0 aliphatic rings. The molecule has 2 heterocycles. The fraction of sp³-hybridized carbons (Fsp3) is 0.417. The second-order valence-electron chi connectivity index (χ2n) is 7.64. The predicted octanol–water partition coefficient (Wildman–Crippen LogP) is 5.41. The van der Waals surface area contributed by atoms with E-state index in [2.05, 4.69) is 21.9 Å². The molecule has 31 heavy (non-hydrogen) atoms. The van der Waals surface area contributed by atoms with E-state index in [-0.39, 0.29) is 5.56 Å². The van der Waals surface area contributed by atoms with Crippen molar-refractivity contribution in [2.75, 3.05) is 6.61 Å². The number of aromatic nitrogens is 4. The van der Waals surface area contributed by atoms with Crippen LogP contribution in [0.1, 0.15) is 63.0 Å². The van der Waals surface area contributed by atoms with E-state index in [0.29, 0.717) is 23.4 Å². The summed E-state index contributed by atoms with van der Waals surface area (Å²) in [7, 11) is 0. The highest BCUT2D eigenvalue weighted by Gasteiger charge is 2.10. The number of para-hydroxylation sites is 2. The van der Waals surface area contributed by atoms with Gasteiger partial charge in [0.1, 0.15) is 12.1 Å². The van der Waals surface area contributed by atoms with Gasteiger partial charge < -0.3 is 4.74 Å². The van der Waals surface area contributed by atoms with Crippen LogP contribution >= 0.6 is 12.2 Å². The predicted molar refractivity (Wildman–Crippen MR) is 126 cm³/mol. The quantitative estimate of drug-likeness (QED) is 0.302. The molecule has 0 amide bonds. The zero-order valence-corrected chi connectivity index (χ0v) is 18.9. The van der Waals surface area contributed by atoms with Crippen molar-refractivity contribution in [2.45, 2.75) is 58.3 Å². The van der Waals surface area contributed by atoms with Crippen molar-refractivity contribution >= 4 is 12.2 Å². The minimum absolute atomic E-state index is 0.202. The van der Waals surface area contributed by atoms with Gasteiger partial charge in [0.2, 0.25) is 0 Å². The van der Waals surface area contributed by atoms with Gasteiger partial charge >= 0.3 is 0 Å². The smallest absolute Gasteiger partial charge is 0.255 e. The Morgan fingerprint density at radius 1 is 1.03 bits per heavy atom. The molecule has 0 bridgehead atoms. The summed E-state index contributed by atoms with van der Waals surface area (Å²) in [6.07, 6.45) is 15.8. The second kappa shape index (κ2) is 12.2. The molecule has 7 heteroatoms. The first-order valence-corrected chi connectivity index (χ1v) is 11.4. The van der Waals surface area contributed by atoms with Gasteiger partial charge in [-0.05, 0) is 36.3 Å². The molecule has 0 radical (unpaired) electrons. The van der Waals surface area contributed by atoms with Crippen LogP contribution in [-0.2, 0) is 6.42 Å². The van der Waals surface area contributed by atoms with Crippen LogP contribution < -0.4 is 10.3 Å². The number of hydrogen-bond donors (Lipinski definition) is 1. The molecule has 0 atom stereocenters. The van der Waals surface area contributed by atoms with Crippen molar-refractivity contribution in [3.05, 3.63) is 75.4 Å². The van der Waals surface area contributed by atoms with Gasteiger partial charge in [0.15, 0.2) is 4.77 Å². The highest BCUT2D eigenvalue weighted by molar-refractivity contribution is 7.71. The van der Waals surface area contributed by atoms with Gasteiger partial charge in [-0.15, -0.1) is 0 Å². The van der Waals surface area contributed by atoms with Crippen LogP contribution in [0.2, 0.25) is 0 Å². The average molecular weight is 439 g/mol. The van der Waals surface area contributed by atoms with E-state index in [1.807, 2.05) is 24.3 Å². The van der Waals surface area contributed by atoms with Crippen LogP contribution in [0, 0.1) is 4.77 Å².